The molecule has 1 aliphatic heterocycles. The summed E-state index contributed by atoms with van der Waals surface area (Å²) in [5, 5.41) is 2.89. The van der Waals surface area contributed by atoms with Gasteiger partial charge in [-0.25, -0.2) is 0 Å². The number of fused-ring (bicyclic) bond motifs is 1. The number of carbonyl (C=O) groups is 1. The van der Waals surface area contributed by atoms with Crippen molar-refractivity contribution in [3.05, 3.63) is 53.6 Å². The van der Waals surface area contributed by atoms with Crippen molar-refractivity contribution < 1.29 is 19.0 Å². The first kappa shape index (κ1) is 18.1. The van der Waals surface area contributed by atoms with Crippen LogP contribution in [0.5, 0.6) is 17.2 Å². The van der Waals surface area contributed by atoms with Crippen LogP contribution in [0.25, 0.3) is 0 Å². The fourth-order valence-corrected chi connectivity index (χ4v) is 2.67. The molecule has 0 radical (unpaired) electrons. The Morgan fingerprint density at radius 3 is 2.50 bits per heavy atom. The molecule has 2 aromatic rings. The molecule has 26 heavy (non-hydrogen) atoms. The van der Waals surface area contributed by atoms with Crippen LogP contribution in [0.1, 0.15) is 38.8 Å². The van der Waals surface area contributed by atoms with Gasteiger partial charge in [-0.1, -0.05) is 39.0 Å². The smallest absolute Gasteiger partial charge is 0.261 e. The molecule has 1 atom stereocenters. The zero-order valence-corrected chi connectivity index (χ0v) is 15.7. The van der Waals surface area contributed by atoms with Gasteiger partial charge in [0.2, 0.25) is 6.79 Å². The number of benzene rings is 2. The summed E-state index contributed by atoms with van der Waals surface area (Å²) in [6, 6.07) is 13.5. The van der Waals surface area contributed by atoms with Gasteiger partial charge < -0.3 is 19.5 Å². The van der Waals surface area contributed by atoms with Gasteiger partial charge in [0.25, 0.3) is 5.91 Å². The van der Waals surface area contributed by atoms with Crippen LogP contribution < -0.4 is 19.5 Å². The topological polar surface area (TPSA) is 56.8 Å². The SMILES string of the molecule is CC(Oc1ccc(C(C)(C)C)cc1)C(=O)NCc1ccc2c(c1)OCO2. The summed E-state index contributed by atoms with van der Waals surface area (Å²) >= 11 is 0. The molecule has 0 saturated heterocycles. The zero-order valence-electron chi connectivity index (χ0n) is 15.7. The molecule has 0 spiro atoms. The van der Waals surface area contributed by atoms with Crippen LogP contribution in [0, 0.1) is 0 Å². The van der Waals surface area contributed by atoms with Crippen LogP contribution in [0.4, 0.5) is 0 Å². The van der Waals surface area contributed by atoms with E-state index in [2.05, 4.69) is 26.1 Å². The standard InChI is InChI=1S/C21H25NO4/c1-14(26-17-8-6-16(7-9-17)21(2,3)4)20(23)22-12-15-5-10-18-19(11-15)25-13-24-18/h5-11,14H,12-13H2,1-4H3,(H,22,23). The summed E-state index contributed by atoms with van der Waals surface area (Å²) in [7, 11) is 0. The van der Waals surface area contributed by atoms with Crippen LogP contribution in [-0.2, 0) is 16.8 Å². The van der Waals surface area contributed by atoms with Gasteiger partial charge in [0.15, 0.2) is 17.6 Å². The number of hydrogen-bond acceptors (Lipinski definition) is 4. The van der Waals surface area contributed by atoms with Crippen LogP contribution in [0.15, 0.2) is 42.5 Å². The number of nitrogens with one attached hydrogen (secondary N) is 1. The Bertz CT molecular complexity index is 778. The van der Waals surface area contributed by atoms with Gasteiger partial charge in [-0.15, -0.1) is 0 Å². The maximum atomic E-state index is 12.3. The number of amides is 1. The molecule has 0 aliphatic carbocycles. The quantitative estimate of drug-likeness (QED) is 0.886. The van der Waals surface area contributed by atoms with Crippen molar-refractivity contribution in [1.82, 2.24) is 5.32 Å². The Morgan fingerprint density at radius 2 is 1.81 bits per heavy atom. The lowest BCUT2D eigenvalue weighted by Gasteiger charge is -2.20. The van der Waals surface area contributed by atoms with E-state index in [1.807, 2.05) is 42.5 Å². The van der Waals surface area contributed by atoms with Crippen molar-refractivity contribution in [3.63, 3.8) is 0 Å². The molecule has 2 aromatic carbocycles. The summed E-state index contributed by atoms with van der Waals surface area (Å²) in [6.45, 7) is 8.88. The van der Waals surface area contributed by atoms with Crippen molar-refractivity contribution in [2.24, 2.45) is 0 Å². The molecule has 138 valence electrons. The Kier molecular flexibility index (Phi) is 5.07. The minimum atomic E-state index is -0.579. The number of hydrogen-bond donors (Lipinski definition) is 1. The Labute approximate surface area is 154 Å². The third-order valence-corrected chi connectivity index (χ3v) is 4.31. The third kappa shape index (κ3) is 4.28. The van der Waals surface area contributed by atoms with E-state index >= 15 is 0 Å². The van der Waals surface area contributed by atoms with Crippen LogP contribution in [-0.4, -0.2) is 18.8 Å². The molecule has 3 rings (SSSR count). The molecule has 0 saturated carbocycles. The fraction of sp³-hybridized carbons (Fsp3) is 0.381. The van der Waals surface area contributed by atoms with Crippen LogP contribution in [0.3, 0.4) is 0 Å². The maximum Gasteiger partial charge on any atom is 0.261 e. The number of ether oxygens (including phenoxy) is 3. The monoisotopic (exact) mass is 355 g/mol. The van der Waals surface area contributed by atoms with E-state index in [-0.39, 0.29) is 18.1 Å². The molecular weight excluding hydrogens is 330 g/mol. The molecule has 1 N–H and O–H groups in total. The lowest BCUT2D eigenvalue weighted by atomic mass is 9.87. The summed E-state index contributed by atoms with van der Waals surface area (Å²) < 4.78 is 16.4. The predicted molar refractivity (Wildman–Crippen MR) is 99.6 cm³/mol. The lowest BCUT2D eigenvalue weighted by Crippen LogP contribution is -2.35. The Balaban J connectivity index is 1.53. The largest absolute Gasteiger partial charge is 0.481 e. The van der Waals surface area contributed by atoms with Crippen LogP contribution in [0.2, 0.25) is 0 Å². The van der Waals surface area contributed by atoms with Crippen molar-refractivity contribution >= 4 is 5.91 Å². The molecule has 5 nitrogen and oxygen atoms in total. The lowest BCUT2D eigenvalue weighted by molar-refractivity contribution is -0.127. The molecular formula is C21H25NO4. The highest BCUT2D eigenvalue weighted by molar-refractivity contribution is 5.80. The molecule has 1 unspecified atom stereocenters. The highest BCUT2D eigenvalue weighted by Crippen LogP contribution is 2.32. The molecule has 1 aliphatic rings. The van der Waals surface area contributed by atoms with E-state index in [4.69, 9.17) is 14.2 Å². The van der Waals surface area contributed by atoms with E-state index in [0.717, 1.165) is 11.3 Å². The average molecular weight is 355 g/mol. The number of rotatable bonds is 5. The average Bonchev–Trinajstić information content (AvgIpc) is 3.07. The number of carbonyl (C=O) groups excluding carboxylic acids is 1. The van der Waals surface area contributed by atoms with Gasteiger partial charge in [-0.2, -0.15) is 0 Å². The Hall–Kier alpha value is -2.69. The van der Waals surface area contributed by atoms with E-state index in [0.29, 0.717) is 18.0 Å². The van der Waals surface area contributed by atoms with E-state index < -0.39 is 6.10 Å². The van der Waals surface area contributed by atoms with Gasteiger partial charge in [-0.05, 0) is 47.7 Å². The molecule has 0 fully saturated rings. The van der Waals surface area contributed by atoms with Crippen molar-refractivity contribution in [2.75, 3.05) is 6.79 Å². The van der Waals surface area contributed by atoms with E-state index in [9.17, 15) is 4.79 Å². The molecule has 1 heterocycles. The van der Waals surface area contributed by atoms with Gasteiger partial charge in [0.05, 0.1) is 0 Å². The first-order valence-corrected chi connectivity index (χ1v) is 8.76. The molecule has 0 aromatic heterocycles. The molecule has 0 bridgehead atoms. The highest BCUT2D eigenvalue weighted by Gasteiger charge is 2.17. The second kappa shape index (κ2) is 7.28. The van der Waals surface area contributed by atoms with Gasteiger partial charge in [-0.3, -0.25) is 4.79 Å². The summed E-state index contributed by atoms with van der Waals surface area (Å²) in [5.74, 6) is 1.96. The Morgan fingerprint density at radius 1 is 1.12 bits per heavy atom. The van der Waals surface area contributed by atoms with Gasteiger partial charge in [0, 0.05) is 6.54 Å². The minimum Gasteiger partial charge on any atom is -0.481 e. The summed E-state index contributed by atoms with van der Waals surface area (Å²) in [6.07, 6.45) is -0.579. The van der Waals surface area contributed by atoms with Gasteiger partial charge in [0.1, 0.15) is 5.75 Å². The van der Waals surface area contributed by atoms with Gasteiger partial charge >= 0.3 is 0 Å². The van der Waals surface area contributed by atoms with Crippen LogP contribution >= 0.6 is 0 Å². The van der Waals surface area contributed by atoms with E-state index in [1.165, 1.54) is 5.56 Å². The normalized spacial score (nSPS) is 14.0. The first-order valence-electron chi connectivity index (χ1n) is 8.76. The molecule has 5 heteroatoms. The second-order valence-corrected chi connectivity index (χ2v) is 7.44. The summed E-state index contributed by atoms with van der Waals surface area (Å²) in [4.78, 5) is 12.3. The van der Waals surface area contributed by atoms with Crippen molar-refractivity contribution in [3.8, 4) is 17.2 Å². The zero-order chi connectivity index (χ0) is 18.7. The minimum absolute atomic E-state index is 0.0894. The first-order chi connectivity index (χ1) is 12.3. The fourth-order valence-electron chi connectivity index (χ4n) is 2.67. The summed E-state index contributed by atoms with van der Waals surface area (Å²) in [5.41, 5.74) is 2.26. The second-order valence-electron chi connectivity index (χ2n) is 7.44. The van der Waals surface area contributed by atoms with Crippen molar-refractivity contribution in [1.29, 1.82) is 0 Å². The van der Waals surface area contributed by atoms with E-state index in [1.54, 1.807) is 6.92 Å². The molecule has 1 amide bonds. The van der Waals surface area contributed by atoms with Crippen molar-refractivity contribution in [2.45, 2.75) is 45.8 Å². The predicted octanol–water partition coefficient (Wildman–Crippen LogP) is 3.80. The third-order valence-electron chi connectivity index (χ3n) is 4.31. The highest BCUT2D eigenvalue weighted by atomic mass is 16.7. The maximum absolute atomic E-state index is 12.3.